The van der Waals surface area contributed by atoms with Crippen LogP contribution in [0, 0.1) is 19.7 Å². The maximum atomic E-state index is 13.7. The summed E-state index contributed by atoms with van der Waals surface area (Å²) in [6.45, 7) is 4.47. The Hall–Kier alpha value is -3.73. The smallest absolute Gasteiger partial charge is 0.282 e. The first-order valence-corrected chi connectivity index (χ1v) is 10.3. The summed E-state index contributed by atoms with van der Waals surface area (Å²) < 4.78 is 13.6. The normalized spacial score (nSPS) is 15.8. The molecule has 3 aromatic carbocycles. The summed E-state index contributed by atoms with van der Waals surface area (Å²) in [5.41, 5.74) is 5.74. The highest BCUT2D eigenvalue weighted by Crippen LogP contribution is 2.40. The summed E-state index contributed by atoms with van der Waals surface area (Å²) in [6, 6.07) is 19.3. The van der Waals surface area contributed by atoms with E-state index in [4.69, 9.17) is 0 Å². The van der Waals surface area contributed by atoms with Gasteiger partial charge in [-0.3, -0.25) is 9.59 Å². The largest absolute Gasteiger partial charge is 0.336 e. The van der Waals surface area contributed by atoms with Crippen LogP contribution in [0.3, 0.4) is 0 Å². The summed E-state index contributed by atoms with van der Waals surface area (Å²) in [7, 11) is 0. The lowest BCUT2D eigenvalue weighted by molar-refractivity contribution is -0.120. The molecule has 0 N–H and O–H groups in total. The molecule has 2 aliphatic heterocycles. The Bertz CT molecular complexity index is 1260. The van der Waals surface area contributed by atoms with E-state index in [0.717, 1.165) is 28.8 Å². The van der Waals surface area contributed by atoms with Gasteiger partial charge in [0.2, 0.25) is 0 Å². The van der Waals surface area contributed by atoms with E-state index in [0.29, 0.717) is 29.1 Å². The number of rotatable bonds is 3. The number of hydrogen-bond acceptors (Lipinski definition) is 3. The lowest BCUT2D eigenvalue weighted by Gasteiger charge is -2.22. The Morgan fingerprint density at radius 2 is 1.58 bits per heavy atom. The zero-order valence-electron chi connectivity index (χ0n) is 17.4. The third-order valence-electron chi connectivity index (χ3n) is 5.94. The third kappa shape index (κ3) is 3.05. The van der Waals surface area contributed by atoms with Crippen molar-refractivity contribution >= 4 is 28.8 Å². The van der Waals surface area contributed by atoms with Crippen molar-refractivity contribution in [2.75, 3.05) is 16.3 Å². The minimum atomic E-state index is -0.388. The summed E-state index contributed by atoms with van der Waals surface area (Å²) in [5, 5.41) is 0. The molecule has 3 aromatic rings. The quantitative estimate of drug-likeness (QED) is 0.581. The van der Waals surface area contributed by atoms with Gasteiger partial charge in [0.05, 0.1) is 11.3 Å². The minimum absolute atomic E-state index is 0.307. The molecule has 0 aliphatic carbocycles. The predicted molar refractivity (Wildman–Crippen MR) is 119 cm³/mol. The second kappa shape index (κ2) is 7.20. The van der Waals surface area contributed by atoms with E-state index in [1.807, 2.05) is 61.2 Å². The number of aryl methyl sites for hydroxylation is 2. The zero-order chi connectivity index (χ0) is 21.7. The van der Waals surface area contributed by atoms with Gasteiger partial charge in [-0.1, -0.05) is 48.0 Å². The molecule has 0 saturated carbocycles. The SMILES string of the molecule is Cc1ccc(N2C(=O)C(c3ccc(F)cc3)=C(N3CCc4ccccc43)C2=O)c(C)c1. The number of anilines is 2. The van der Waals surface area contributed by atoms with Gasteiger partial charge in [-0.05, 0) is 61.2 Å². The van der Waals surface area contributed by atoms with Gasteiger partial charge in [-0.25, -0.2) is 9.29 Å². The molecule has 0 fully saturated rings. The van der Waals surface area contributed by atoms with Crippen LogP contribution < -0.4 is 9.80 Å². The van der Waals surface area contributed by atoms with Gasteiger partial charge in [-0.15, -0.1) is 0 Å². The second-order valence-electron chi connectivity index (χ2n) is 8.00. The van der Waals surface area contributed by atoms with Crippen LogP contribution >= 0.6 is 0 Å². The Balaban J connectivity index is 1.70. The van der Waals surface area contributed by atoms with Crippen molar-refractivity contribution in [1.82, 2.24) is 0 Å². The molecule has 0 bridgehead atoms. The van der Waals surface area contributed by atoms with Crippen molar-refractivity contribution in [3.8, 4) is 0 Å². The van der Waals surface area contributed by atoms with Crippen molar-refractivity contribution in [2.45, 2.75) is 20.3 Å². The number of fused-ring (bicyclic) bond motifs is 1. The van der Waals surface area contributed by atoms with Crippen LogP contribution in [0.4, 0.5) is 15.8 Å². The molecule has 154 valence electrons. The van der Waals surface area contributed by atoms with E-state index in [1.54, 1.807) is 12.1 Å². The van der Waals surface area contributed by atoms with Crippen molar-refractivity contribution in [2.24, 2.45) is 0 Å². The first kappa shape index (κ1) is 19.2. The maximum absolute atomic E-state index is 13.7. The van der Waals surface area contributed by atoms with Gasteiger partial charge < -0.3 is 4.90 Å². The standard InChI is InChI=1S/C26H21FN2O2/c1-16-7-12-21(17(2)15-16)29-25(30)23(19-8-10-20(27)11-9-19)24(26(29)31)28-14-13-18-5-3-4-6-22(18)28/h3-12,15H,13-14H2,1-2H3. The molecule has 5 rings (SSSR count). The Morgan fingerprint density at radius 1 is 0.839 bits per heavy atom. The number of imide groups is 1. The zero-order valence-corrected chi connectivity index (χ0v) is 17.4. The fraction of sp³-hybridized carbons (Fsp3) is 0.154. The lowest BCUT2D eigenvalue weighted by Crippen LogP contribution is -2.35. The van der Waals surface area contributed by atoms with Crippen molar-refractivity contribution in [3.05, 3.63) is 100 Å². The number of benzene rings is 3. The van der Waals surface area contributed by atoms with Crippen molar-refractivity contribution in [3.63, 3.8) is 0 Å². The van der Waals surface area contributed by atoms with Crippen LogP contribution in [-0.2, 0) is 16.0 Å². The van der Waals surface area contributed by atoms with Crippen LogP contribution in [0.2, 0.25) is 0 Å². The van der Waals surface area contributed by atoms with E-state index >= 15 is 0 Å². The van der Waals surface area contributed by atoms with Gasteiger partial charge in [0.1, 0.15) is 11.5 Å². The Morgan fingerprint density at radius 3 is 2.32 bits per heavy atom. The van der Waals surface area contributed by atoms with Gasteiger partial charge in [0.15, 0.2) is 0 Å². The Kier molecular flexibility index (Phi) is 4.47. The molecule has 2 amide bonds. The van der Waals surface area contributed by atoms with E-state index < -0.39 is 0 Å². The predicted octanol–water partition coefficient (Wildman–Crippen LogP) is 4.79. The van der Waals surface area contributed by atoms with Crippen molar-refractivity contribution in [1.29, 1.82) is 0 Å². The number of halogens is 1. The first-order chi connectivity index (χ1) is 15.0. The minimum Gasteiger partial charge on any atom is -0.336 e. The molecular weight excluding hydrogens is 391 g/mol. The molecule has 31 heavy (non-hydrogen) atoms. The molecule has 0 aromatic heterocycles. The number of carbonyl (C=O) groups is 2. The number of nitrogens with zero attached hydrogens (tertiary/aromatic N) is 2. The van der Waals surface area contributed by atoms with Gasteiger partial charge >= 0.3 is 0 Å². The monoisotopic (exact) mass is 412 g/mol. The molecule has 4 nitrogen and oxygen atoms in total. The second-order valence-corrected chi connectivity index (χ2v) is 8.00. The molecule has 0 radical (unpaired) electrons. The molecule has 5 heteroatoms. The van der Waals surface area contributed by atoms with Gasteiger partial charge in [-0.2, -0.15) is 0 Å². The molecule has 2 aliphatic rings. The molecule has 0 saturated heterocycles. The molecule has 2 heterocycles. The van der Waals surface area contributed by atoms with Crippen LogP contribution in [0.25, 0.3) is 5.57 Å². The van der Waals surface area contributed by atoms with Crippen molar-refractivity contribution < 1.29 is 14.0 Å². The lowest BCUT2D eigenvalue weighted by atomic mass is 10.0. The third-order valence-corrected chi connectivity index (χ3v) is 5.94. The van der Waals surface area contributed by atoms with Gasteiger partial charge in [0, 0.05) is 12.2 Å². The number of amides is 2. The number of hydrogen-bond donors (Lipinski definition) is 0. The van der Waals surface area contributed by atoms with Gasteiger partial charge in [0.25, 0.3) is 11.8 Å². The average molecular weight is 412 g/mol. The van der Waals surface area contributed by atoms with E-state index in [9.17, 15) is 14.0 Å². The van der Waals surface area contributed by atoms with Crippen LogP contribution in [-0.4, -0.2) is 18.4 Å². The average Bonchev–Trinajstić information content (AvgIpc) is 3.28. The summed E-state index contributed by atoms with van der Waals surface area (Å²) in [5.74, 6) is -1.13. The fourth-order valence-corrected chi connectivity index (χ4v) is 4.49. The first-order valence-electron chi connectivity index (χ1n) is 10.3. The highest BCUT2D eigenvalue weighted by molar-refractivity contribution is 6.46. The summed E-state index contributed by atoms with van der Waals surface area (Å²) in [6.07, 6.45) is 0.793. The summed E-state index contributed by atoms with van der Waals surface area (Å²) >= 11 is 0. The fourth-order valence-electron chi connectivity index (χ4n) is 4.49. The Labute approximate surface area is 180 Å². The van der Waals surface area contributed by atoms with E-state index in [-0.39, 0.29) is 17.6 Å². The van der Waals surface area contributed by atoms with Crippen LogP contribution in [0.5, 0.6) is 0 Å². The molecular formula is C26H21FN2O2. The molecule has 0 spiro atoms. The van der Waals surface area contributed by atoms with E-state index in [2.05, 4.69) is 0 Å². The summed E-state index contributed by atoms with van der Waals surface area (Å²) in [4.78, 5) is 30.6. The number of carbonyl (C=O) groups excluding carboxylic acids is 2. The molecule has 0 atom stereocenters. The van der Waals surface area contributed by atoms with Crippen LogP contribution in [0.15, 0.2) is 72.4 Å². The van der Waals surface area contributed by atoms with Crippen LogP contribution in [0.1, 0.15) is 22.3 Å². The van der Waals surface area contributed by atoms with E-state index in [1.165, 1.54) is 17.0 Å². The molecule has 0 unspecified atom stereocenters. The highest BCUT2D eigenvalue weighted by Gasteiger charge is 2.44. The number of para-hydroxylation sites is 1. The maximum Gasteiger partial charge on any atom is 0.282 e. The highest BCUT2D eigenvalue weighted by atomic mass is 19.1. The topological polar surface area (TPSA) is 40.6 Å².